The topological polar surface area (TPSA) is 34.2 Å². The zero-order valence-corrected chi connectivity index (χ0v) is 13.8. The van der Waals surface area contributed by atoms with E-state index in [2.05, 4.69) is 17.2 Å². The monoisotopic (exact) mass is 344 g/mol. The highest BCUT2D eigenvalue weighted by molar-refractivity contribution is 6.40. The van der Waals surface area contributed by atoms with Gasteiger partial charge in [0.15, 0.2) is 5.75 Å². The summed E-state index contributed by atoms with van der Waals surface area (Å²) in [5.74, 6) is 1.23. The summed E-state index contributed by atoms with van der Waals surface area (Å²) in [4.78, 5) is 4.31. The highest BCUT2D eigenvalue weighted by Crippen LogP contribution is 2.36. The van der Waals surface area contributed by atoms with Crippen LogP contribution in [0.3, 0.4) is 0 Å². The number of nitrogens with one attached hydrogen (secondary N) is 1. The Balaban J connectivity index is 2.13. The molecule has 112 valence electrons. The standard InChI is InChI=1S/C15H15Cl3N2O/c1-2-5-19-15-10(4-3-6-20-15)9-21-14-12(17)7-11(16)8-13(14)18/h3-4,6-8H,2,5,9H2,1H3,(H,19,20). The third kappa shape index (κ3) is 4.40. The van der Waals surface area contributed by atoms with Gasteiger partial charge in [-0.25, -0.2) is 4.98 Å². The molecule has 1 aromatic heterocycles. The molecule has 21 heavy (non-hydrogen) atoms. The molecular weight excluding hydrogens is 331 g/mol. The highest BCUT2D eigenvalue weighted by atomic mass is 35.5. The maximum atomic E-state index is 6.10. The Kier molecular flexibility index (Phi) is 5.97. The van der Waals surface area contributed by atoms with Crippen LogP contribution < -0.4 is 10.1 Å². The predicted molar refractivity (Wildman–Crippen MR) is 88.8 cm³/mol. The Hall–Kier alpha value is -1.16. The van der Waals surface area contributed by atoms with Crippen LogP contribution in [-0.2, 0) is 6.61 Å². The van der Waals surface area contributed by atoms with Crippen LogP contribution in [0.2, 0.25) is 15.1 Å². The molecule has 2 rings (SSSR count). The fourth-order valence-electron chi connectivity index (χ4n) is 1.77. The molecule has 3 nitrogen and oxygen atoms in total. The number of hydrogen-bond acceptors (Lipinski definition) is 3. The number of hydrogen-bond donors (Lipinski definition) is 1. The lowest BCUT2D eigenvalue weighted by atomic mass is 10.2. The summed E-state index contributed by atoms with van der Waals surface area (Å²) in [6.45, 7) is 3.27. The van der Waals surface area contributed by atoms with Crippen LogP contribution >= 0.6 is 34.8 Å². The maximum absolute atomic E-state index is 6.10. The number of nitrogens with zero attached hydrogens (tertiary/aromatic N) is 1. The van der Waals surface area contributed by atoms with Crippen molar-refractivity contribution in [3.05, 3.63) is 51.1 Å². The fourth-order valence-corrected chi connectivity index (χ4v) is 2.70. The Labute approximate surface area is 139 Å². The van der Waals surface area contributed by atoms with E-state index in [-0.39, 0.29) is 0 Å². The van der Waals surface area contributed by atoms with Gasteiger partial charge in [-0.05, 0) is 24.6 Å². The lowest BCUT2D eigenvalue weighted by Gasteiger charge is -2.13. The van der Waals surface area contributed by atoms with Gasteiger partial charge in [0.2, 0.25) is 0 Å². The van der Waals surface area contributed by atoms with Gasteiger partial charge in [-0.1, -0.05) is 47.8 Å². The Bertz CT molecular complexity index is 597. The summed E-state index contributed by atoms with van der Waals surface area (Å²) < 4.78 is 5.73. The molecule has 0 unspecified atom stereocenters. The van der Waals surface area contributed by atoms with Crippen LogP contribution in [-0.4, -0.2) is 11.5 Å². The third-order valence-corrected chi connectivity index (χ3v) is 3.55. The minimum atomic E-state index is 0.320. The van der Waals surface area contributed by atoms with E-state index < -0.39 is 0 Å². The molecule has 1 heterocycles. The molecule has 0 aliphatic carbocycles. The molecule has 0 bridgehead atoms. The minimum absolute atomic E-state index is 0.320. The molecule has 0 aliphatic rings. The van der Waals surface area contributed by atoms with Gasteiger partial charge in [-0.2, -0.15) is 0 Å². The minimum Gasteiger partial charge on any atom is -0.486 e. The second-order valence-corrected chi connectivity index (χ2v) is 5.68. The number of aromatic nitrogens is 1. The van der Waals surface area contributed by atoms with Crippen molar-refractivity contribution in [2.24, 2.45) is 0 Å². The number of rotatable bonds is 6. The maximum Gasteiger partial charge on any atom is 0.157 e. The average molecular weight is 346 g/mol. The summed E-state index contributed by atoms with van der Waals surface area (Å²) in [6.07, 6.45) is 2.76. The number of ether oxygens (including phenoxy) is 1. The van der Waals surface area contributed by atoms with Crippen LogP contribution in [0.25, 0.3) is 0 Å². The highest BCUT2D eigenvalue weighted by Gasteiger charge is 2.11. The summed E-state index contributed by atoms with van der Waals surface area (Å²) in [5, 5.41) is 4.51. The van der Waals surface area contributed by atoms with Crippen LogP contribution in [0.5, 0.6) is 5.75 Å². The van der Waals surface area contributed by atoms with Crippen molar-refractivity contribution >= 4 is 40.6 Å². The largest absolute Gasteiger partial charge is 0.486 e. The van der Waals surface area contributed by atoms with Gasteiger partial charge in [-0.3, -0.25) is 0 Å². The molecule has 0 atom stereocenters. The first-order valence-electron chi connectivity index (χ1n) is 6.57. The first-order valence-corrected chi connectivity index (χ1v) is 7.70. The molecule has 2 aromatic rings. The van der Waals surface area contributed by atoms with Crippen LogP contribution in [0.15, 0.2) is 30.5 Å². The smallest absolute Gasteiger partial charge is 0.157 e. The SMILES string of the molecule is CCCNc1ncccc1COc1c(Cl)cc(Cl)cc1Cl. The second kappa shape index (κ2) is 7.74. The van der Waals surface area contributed by atoms with Gasteiger partial charge in [-0.15, -0.1) is 0 Å². The van der Waals surface area contributed by atoms with Gasteiger partial charge < -0.3 is 10.1 Å². The normalized spacial score (nSPS) is 10.5. The molecular formula is C15H15Cl3N2O. The zero-order valence-electron chi connectivity index (χ0n) is 11.5. The van der Waals surface area contributed by atoms with E-state index in [4.69, 9.17) is 39.5 Å². The zero-order chi connectivity index (χ0) is 15.2. The van der Waals surface area contributed by atoms with Gasteiger partial charge in [0.05, 0.1) is 10.0 Å². The molecule has 0 saturated heterocycles. The van der Waals surface area contributed by atoms with Gasteiger partial charge >= 0.3 is 0 Å². The fraction of sp³-hybridized carbons (Fsp3) is 0.267. The van der Waals surface area contributed by atoms with Crippen molar-refractivity contribution in [3.63, 3.8) is 0 Å². The Morgan fingerprint density at radius 2 is 1.90 bits per heavy atom. The summed E-state index contributed by atoms with van der Waals surface area (Å²) in [5.41, 5.74) is 0.938. The average Bonchev–Trinajstić information content (AvgIpc) is 2.45. The molecule has 0 fully saturated rings. The van der Waals surface area contributed by atoms with E-state index in [0.29, 0.717) is 27.4 Å². The first kappa shape index (κ1) is 16.2. The lowest BCUT2D eigenvalue weighted by Crippen LogP contribution is -2.07. The molecule has 0 radical (unpaired) electrons. The Morgan fingerprint density at radius 3 is 2.57 bits per heavy atom. The summed E-state index contributed by atoms with van der Waals surface area (Å²) >= 11 is 18.1. The molecule has 0 aliphatic heterocycles. The summed E-state index contributed by atoms with van der Waals surface area (Å²) in [7, 11) is 0. The van der Waals surface area contributed by atoms with Gasteiger partial charge in [0, 0.05) is 23.3 Å². The number of pyridine rings is 1. The number of anilines is 1. The van der Waals surface area contributed by atoms with Crippen LogP contribution in [0.1, 0.15) is 18.9 Å². The van der Waals surface area contributed by atoms with Crippen molar-refractivity contribution in [1.82, 2.24) is 4.98 Å². The lowest BCUT2D eigenvalue weighted by molar-refractivity contribution is 0.307. The molecule has 0 spiro atoms. The van der Waals surface area contributed by atoms with Gasteiger partial charge in [0.25, 0.3) is 0 Å². The van der Waals surface area contributed by atoms with Crippen molar-refractivity contribution < 1.29 is 4.74 Å². The number of benzene rings is 1. The molecule has 1 aromatic carbocycles. The first-order chi connectivity index (χ1) is 10.1. The number of halogens is 3. The summed E-state index contributed by atoms with van der Waals surface area (Å²) in [6, 6.07) is 7.01. The second-order valence-electron chi connectivity index (χ2n) is 4.43. The van der Waals surface area contributed by atoms with Crippen molar-refractivity contribution in [2.75, 3.05) is 11.9 Å². The van der Waals surface area contributed by atoms with Gasteiger partial charge in [0.1, 0.15) is 12.4 Å². The third-order valence-electron chi connectivity index (χ3n) is 2.77. The quantitative estimate of drug-likeness (QED) is 0.756. The van der Waals surface area contributed by atoms with E-state index in [9.17, 15) is 0 Å². The van der Waals surface area contributed by atoms with E-state index in [1.165, 1.54) is 0 Å². The van der Waals surface area contributed by atoms with Crippen LogP contribution in [0.4, 0.5) is 5.82 Å². The van der Waals surface area contributed by atoms with Crippen LogP contribution in [0, 0.1) is 0 Å². The Morgan fingerprint density at radius 1 is 1.19 bits per heavy atom. The molecule has 0 saturated carbocycles. The van der Waals surface area contributed by atoms with E-state index in [1.54, 1.807) is 18.3 Å². The molecule has 1 N–H and O–H groups in total. The van der Waals surface area contributed by atoms with E-state index in [0.717, 1.165) is 24.3 Å². The predicted octanol–water partition coefficient (Wildman–Crippen LogP) is 5.44. The van der Waals surface area contributed by atoms with E-state index >= 15 is 0 Å². The van der Waals surface area contributed by atoms with Crippen molar-refractivity contribution in [2.45, 2.75) is 20.0 Å². The molecule has 6 heteroatoms. The molecule has 0 amide bonds. The van der Waals surface area contributed by atoms with Crippen molar-refractivity contribution in [1.29, 1.82) is 0 Å². The van der Waals surface area contributed by atoms with E-state index in [1.807, 2.05) is 12.1 Å². The van der Waals surface area contributed by atoms with Crippen molar-refractivity contribution in [3.8, 4) is 5.75 Å².